The highest BCUT2D eigenvalue weighted by atomic mass is 14.4. The second-order valence-corrected chi connectivity index (χ2v) is 10.2. The van der Waals surface area contributed by atoms with E-state index in [2.05, 4.69) is 66.3 Å². The zero-order valence-corrected chi connectivity index (χ0v) is 18.2. The van der Waals surface area contributed by atoms with Gasteiger partial charge in [-0.3, -0.25) is 0 Å². The summed E-state index contributed by atoms with van der Waals surface area (Å²) in [6.45, 7) is 18.9. The maximum atomic E-state index is 4.40. The van der Waals surface area contributed by atoms with Crippen molar-refractivity contribution in [1.82, 2.24) is 0 Å². The minimum atomic E-state index is 0.250. The third-order valence-electron chi connectivity index (χ3n) is 7.53. The minimum Gasteiger partial charge on any atom is -0.0955 e. The molecule has 0 radical (unpaired) electrons. The minimum absolute atomic E-state index is 0.250. The van der Waals surface area contributed by atoms with E-state index in [0.29, 0.717) is 5.92 Å². The van der Waals surface area contributed by atoms with Gasteiger partial charge in [0.2, 0.25) is 0 Å². The molecule has 4 rings (SSSR count). The van der Waals surface area contributed by atoms with Crippen molar-refractivity contribution in [3.8, 4) is 0 Å². The van der Waals surface area contributed by atoms with E-state index in [9.17, 15) is 0 Å². The molecule has 0 heterocycles. The molecule has 27 heavy (non-hydrogen) atoms. The van der Waals surface area contributed by atoms with Crippen LogP contribution in [-0.4, -0.2) is 0 Å². The van der Waals surface area contributed by atoms with E-state index < -0.39 is 0 Å². The van der Waals surface area contributed by atoms with Crippen molar-refractivity contribution in [3.63, 3.8) is 0 Å². The van der Waals surface area contributed by atoms with Crippen molar-refractivity contribution in [1.29, 1.82) is 0 Å². The number of benzene rings is 1. The number of hydrogen-bond donors (Lipinski definition) is 0. The normalized spacial score (nSPS) is 28.3. The van der Waals surface area contributed by atoms with E-state index in [-0.39, 0.29) is 5.41 Å². The predicted octanol–water partition coefficient (Wildman–Crippen LogP) is 7.51. The molecule has 3 unspecified atom stereocenters. The molecule has 0 saturated carbocycles. The standard InChI is InChI=1S/C27H36/c1-8-9-20-12-16(2)13-23-25-19(5)18(4)17(3)14-22(25)21-10-11-27(6,7)15-24(21)26(20)23/h10-12,17-19H,2,8-9,13-15H2,1,3-7H3. The van der Waals surface area contributed by atoms with Gasteiger partial charge in [-0.25, -0.2) is 0 Å². The van der Waals surface area contributed by atoms with Crippen LogP contribution in [0.1, 0.15) is 93.7 Å². The first kappa shape index (κ1) is 18.8. The summed E-state index contributed by atoms with van der Waals surface area (Å²) in [5, 5.41) is 0. The average molecular weight is 361 g/mol. The Kier molecular flexibility index (Phi) is 4.53. The van der Waals surface area contributed by atoms with Crippen LogP contribution in [0, 0.1) is 17.3 Å². The Bertz CT molecular complexity index is 859. The molecule has 0 heteroatoms. The molecule has 0 fully saturated rings. The summed E-state index contributed by atoms with van der Waals surface area (Å²) < 4.78 is 0. The highest BCUT2D eigenvalue weighted by Gasteiger charge is 2.37. The Balaban J connectivity index is 2.06. The average Bonchev–Trinajstić information content (AvgIpc) is 2.58. The van der Waals surface area contributed by atoms with Crippen molar-refractivity contribution < 1.29 is 0 Å². The lowest BCUT2D eigenvalue weighted by atomic mass is 9.63. The molecular formula is C27H36. The second kappa shape index (κ2) is 6.50. The van der Waals surface area contributed by atoms with E-state index >= 15 is 0 Å². The number of fused-ring (bicyclic) bond motifs is 6. The molecule has 3 atom stereocenters. The van der Waals surface area contributed by atoms with Gasteiger partial charge in [0.1, 0.15) is 0 Å². The number of rotatable bonds is 2. The maximum Gasteiger partial charge on any atom is -0.00224 e. The molecule has 144 valence electrons. The van der Waals surface area contributed by atoms with Gasteiger partial charge in [-0.1, -0.05) is 78.3 Å². The highest BCUT2D eigenvalue weighted by Crippen LogP contribution is 2.50. The van der Waals surface area contributed by atoms with Crippen molar-refractivity contribution in [2.45, 2.75) is 79.6 Å². The molecule has 1 aromatic carbocycles. The fourth-order valence-electron chi connectivity index (χ4n) is 5.84. The van der Waals surface area contributed by atoms with Gasteiger partial charge in [0.25, 0.3) is 0 Å². The largest absolute Gasteiger partial charge is 0.0955 e. The summed E-state index contributed by atoms with van der Waals surface area (Å²) in [5.41, 5.74) is 12.9. The third kappa shape index (κ3) is 2.96. The Labute approximate surface area is 166 Å². The van der Waals surface area contributed by atoms with Crippen LogP contribution in [0.25, 0.3) is 11.6 Å². The van der Waals surface area contributed by atoms with Crippen molar-refractivity contribution in [2.75, 3.05) is 0 Å². The fraction of sp³-hybridized carbons (Fsp3) is 0.556. The quantitative estimate of drug-likeness (QED) is 0.512. The van der Waals surface area contributed by atoms with Crippen molar-refractivity contribution in [2.24, 2.45) is 17.3 Å². The zero-order valence-electron chi connectivity index (χ0n) is 18.2. The molecule has 0 saturated heterocycles. The predicted molar refractivity (Wildman–Crippen MR) is 119 cm³/mol. The van der Waals surface area contributed by atoms with E-state index in [1.807, 2.05) is 0 Å². The molecule has 0 aliphatic heterocycles. The van der Waals surface area contributed by atoms with Gasteiger partial charge < -0.3 is 0 Å². The summed E-state index contributed by atoms with van der Waals surface area (Å²) in [4.78, 5) is 0. The number of hydrogen-bond acceptors (Lipinski definition) is 0. The molecule has 3 aliphatic rings. The van der Waals surface area contributed by atoms with Crippen LogP contribution in [0.4, 0.5) is 0 Å². The van der Waals surface area contributed by atoms with Crippen LogP contribution in [0.15, 0.2) is 24.3 Å². The lowest BCUT2D eigenvalue weighted by Gasteiger charge is -2.42. The summed E-state index contributed by atoms with van der Waals surface area (Å²) in [6, 6.07) is 0. The molecular weight excluding hydrogens is 324 g/mol. The lowest BCUT2D eigenvalue weighted by molar-refractivity contribution is 0.311. The molecule has 0 spiro atoms. The lowest BCUT2D eigenvalue weighted by Crippen LogP contribution is -2.30. The van der Waals surface area contributed by atoms with Gasteiger partial charge in [0.15, 0.2) is 0 Å². The second-order valence-electron chi connectivity index (χ2n) is 10.2. The van der Waals surface area contributed by atoms with Crippen LogP contribution < -0.4 is 0 Å². The van der Waals surface area contributed by atoms with Crippen molar-refractivity contribution >= 4 is 11.6 Å². The third-order valence-corrected chi connectivity index (χ3v) is 7.53. The molecule has 0 amide bonds. The molecule has 0 nitrogen and oxygen atoms in total. The van der Waals surface area contributed by atoms with E-state index in [1.54, 1.807) is 39.0 Å². The Hall–Kier alpha value is -1.56. The maximum absolute atomic E-state index is 4.40. The summed E-state index contributed by atoms with van der Waals surface area (Å²) in [5.74, 6) is 2.15. The number of allylic oxidation sites excluding steroid dienone is 4. The monoisotopic (exact) mass is 360 g/mol. The van der Waals surface area contributed by atoms with Gasteiger partial charge >= 0.3 is 0 Å². The fourth-order valence-corrected chi connectivity index (χ4v) is 5.84. The van der Waals surface area contributed by atoms with Crippen LogP contribution in [0.3, 0.4) is 0 Å². The first-order valence-electron chi connectivity index (χ1n) is 11.0. The van der Waals surface area contributed by atoms with Crippen LogP contribution in [0.5, 0.6) is 0 Å². The Morgan fingerprint density at radius 3 is 2.56 bits per heavy atom. The molecule has 1 aromatic rings. The summed E-state index contributed by atoms with van der Waals surface area (Å²) in [6.07, 6.45) is 13.2. The van der Waals surface area contributed by atoms with Crippen LogP contribution in [-0.2, 0) is 19.3 Å². The molecule has 0 bridgehead atoms. The van der Waals surface area contributed by atoms with Gasteiger partial charge in [-0.2, -0.15) is 0 Å². The van der Waals surface area contributed by atoms with Crippen molar-refractivity contribution in [3.05, 3.63) is 57.7 Å². The van der Waals surface area contributed by atoms with Gasteiger partial charge in [0.05, 0.1) is 0 Å². The van der Waals surface area contributed by atoms with Gasteiger partial charge in [-0.05, 0) is 87.8 Å². The Morgan fingerprint density at radius 2 is 1.85 bits per heavy atom. The first-order chi connectivity index (χ1) is 12.7. The summed E-state index contributed by atoms with van der Waals surface area (Å²) >= 11 is 0. The smallest absolute Gasteiger partial charge is 0.00224 e. The zero-order chi connectivity index (χ0) is 19.5. The van der Waals surface area contributed by atoms with Crippen LogP contribution >= 0.6 is 0 Å². The van der Waals surface area contributed by atoms with E-state index in [4.69, 9.17) is 0 Å². The van der Waals surface area contributed by atoms with E-state index in [0.717, 1.165) is 18.3 Å². The Morgan fingerprint density at radius 1 is 1.11 bits per heavy atom. The van der Waals surface area contributed by atoms with E-state index in [1.165, 1.54) is 31.3 Å². The van der Waals surface area contributed by atoms with Gasteiger partial charge in [0, 0.05) is 0 Å². The first-order valence-corrected chi connectivity index (χ1v) is 11.0. The van der Waals surface area contributed by atoms with Gasteiger partial charge in [-0.15, -0.1) is 0 Å². The molecule has 0 N–H and O–H groups in total. The molecule has 0 aromatic heterocycles. The highest BCUT2D eigenvalue weighted by molar-refractivity contribution is 5.83. The SMILES string of the molecule is C=C1C=C(CCC)c2c3c(c4c(c2C1)C(C)C(C)C(C)C4)C=CC(C)(C)C3. The summed E-state index contributed by atoms with van der Waals surface area (Å²) in [7, 11) is 0. The van der Waals surface area contributed by atoms with Crippen LogP contribution in [0.2, 0.25) is 0 Å². The topological polar surface area (TPSA) is 0 Å². The molecule has 3 aliphatic carbocycles.